The predicted octanol–water partition coefficient (Wildman–Crippen LogP) is 0.835. The average Bonchev–Trinajstić information content (AvgIpc) is 2.69. The molecule has 1 amide bonds. The summed E-state index contributed by atoms with van der Waals surface area (Å²) in [4.78, 5) is 16.1. The van der Waals surface area contributed by atoms with E-state index >= 15 is 0 Å². The Labute approximate surface area is 105 Å². The first-order chi connectivity index (χ1) is 8.60. The summed E-state index contributed by atoms with van der Waals surface area (Å²) in [6.07, 6.45) is 1.78. The highest BCUT2D eigenvalue weighted by atomic mass is 16.2. The molecule has 2 aromatic rings. The molecule has 0 radical (unpaired) electrons. The first-order valence-electron chi connectivity index (χ1n) is 5.57. The summed E-state index contributed by atoms with van der Waals surface area (Å²) in [5.74, 6) is 0.195. The van der Waals surface area contributed by atoms with E-state index in [1.807, 2.05) is 13.0 Å². The highest BCUT2D eigenvalue weighted by Crippen LogP contribution is 2.12. The molecule has 0 aliphatic heterocycles. The summed E-state index contributed by atoms with van der Waals surface area (Å²) >= 11 is 0. The number of nitrogens with zero attached hydrogens (tertiary/aromatic N) is 3. The number of rotatable bonds is 3. The van der Waals surface area contributed by atoms with Gasteiger partial charge in [-0.2, -0.15) is 5.10 Å². The van der Waals surface area contributed by atoms with Gasteiger partial charge in [0.1, 0.15) is 5.69 Å². The van der Waals surface area contributed by atoms with Crippen LogP contribution in [0.4, 0.5) is 5.82 Å². The molecule has 6 nitrogen and oxygen atoms in total. The van der Waals surface area contributed by atoms with Gasteiger partial charge in [0.15, 0.2) is 5.82 Å². The first kappa shape index (κ1) is 12.3. The normalized spacial score (nSPS) is 10.4. The Balaban J connectivity index is 2.21. The summed E-state index contributed by atoms with van der Waals surface area (Å²) < 4.78 is 1.61. The van der Waals surface area contributed by atoms with E-state index in [0.29, 0.717) is 18.1 Å². The van der Waals surface area contributed by atoms with Crippen molar-refractivity contribution in [1.82, 2.24) is 14.8 Å². The van der Waals surface area contributed by atoms with Gasteiger partial charge in [-0.1, -0.05) is 6.07 Å². The summed E-state index contributed by atoms with van der Waals surface area (Å²) in [5, 5.41) is 6.86. The number of nitrogens with one attached hydrogen (secondary N) is 1. The smallest absolute Gasteiger partial charge is 0.275 e. The Kier molecular flexibility index (Phi) is 3.38. The van der Waals surface area contributed by atoms with Crippen molar-refractivity contribution < 1.29 is 4.79 Å². The van der Waals surface area contributed by atoms with Crippen molar-refractivity contribution in [3.05, 3.63) is 41.3 Å². The molecule has 0 unspecified atom stereocenters. The number of pyridine rings is 1. The quantitative estimate of drug-likeness (QED) is 0.838. The van der Waals surface area contributed by atoms with Crippen LogP contribution in [0.3, 0.4) is 0 Å². The maximum atomic E-state index is 12.0. The Morgan fingerprint density at radius 3 is 2.94 bits per heavy atom. The molecule has 0 saturated carbocycles. The fourth-order valence-electron chi connectivity index (χ4n) is 1.63. The lowest BCUT2D eigenvalue weighted by atomic mass is 10.3. The molecule has 0 saturated heterocycles. The first-order valence-corrected chi connectivity index (χ1v) is 5.57. The monoisotopic (exact) mass is 245 g/mol. The standard InChI is InChI=1S/C12H15N5O/c1-8-4-3-5-10(14-8)12(18)15-11-9(6-13)7-17(2)16-11/h3-5,7H,6,13H2,1-2H3,(H,15,16,18). The number of amides is 1. The van der Waals surface area contributed by atoms with Crippen LogP contribution in [0, 0.1) is 6.92 Å². The maximum Gasteiger partial charge on any atom is 0.275 e. The third-order valence-electron chi connectivity index (χ3n) is 2.48. The third kappa shape index (κ3) is 2.54. The van der Waals surface area contributed by atoms with E-state index in [1.54, 1.807) is 30.1 Å². The molecule has 0 atom stereocenters. The number of hydrogen-bond acceptors (Lipinski definition) is 4. The van der Waals surface area contributed by atoms with Crippen molar-refractivity contribution in [3.63, 3.8) is 0 Å². The van der Waals surface area contributed by atoms with E-state index in [2.05, 4.69) is 15.4 Å². The van der Waals surface area contributed by atoms with Gasteiger partial charge < -0.3 is 11.1 Å². The minimum atomic E-state index is -0.285. The Hall–Kier alpha value is -2.21. The number of nitrogens with two attached hydrogens (primary N) is 1. The number of aromatic nitrogens is 3. The SMILES string of the molecule is Cc1cccc(C(=O)Nc2nn(C)cc2CN)n1. The van der Waals surface area contributed by atoms with Crippen LogP contribution < -0.4 is 11.1 Å². The summed E-state index contributed by atoms with van der Waals surface area (Å²) in [7, 11) is 1.78. The van der Waals surface area contributed by atoms with E-state index in [-0.39, 0.29) is 5.91 Å². The molecule has 2 rings (SSSR count). The van der Waals surface area contributed by atoms with Crippen molar-refractivity contribution in [2.45, 2.75) is 13.5 Å². The molecule has 2 heterocycles. The minimum absolute atomic E-state index is 0.285. The van der Waals surface area contributed by atoms with E-state index in [1.165, 1.54) is 0 Å². The number of anilines is 1. The molecule has 18 heavy (non-hydrogen) atoms. The lowest BCUT2D eigenvalue weighted by Gasteiger charge is -2.03. The zero-order chi connectivity index (χ0) is 13.1. The van der Waals surface area contributed by atoms with Gasteiger partial charge >= 0.3 is 0 Å². The lowest BCUT2D eigenvalue weighted by Crippen LogP contribution is -2.16. The van der Waals surface area contributed by atoms with Crippen LogP contribution in [0.1, 0.15) is 21.7 Å². The molecule has 3 N–H and O–H groups in total. The zero-order valence-corrected chi connectivity index (χ0v) is 10.3. The van der Waals surface area contributed by atoms with Gasteiger partial charge in [-0.05, 0) is 19.1 Å². The van der Waals surface area contributed by atoms with Gasteiger partial charge in [0.2, 0.25) is 0 Å². The van der Waals surface area contributed by atoms with E-state index in [4.69, 9.17) is 5.73 Å². The fraction of sp³-hybridized carbons (Fsp3) is 0.250. The fourth-order valence-corrected chi connectivity index (χ4v) is 1.63. The second-order valence-electron chi connectivity index (χ2n) is 4.00. The lowest BCUT2D eigenvalue weighted by molar-refractivity contribution is 0.102. The second kappa shape index (κ2) is 4.97. The molecular formula is C12H15N5O. The summed E-state index contributed by atoms with van der Waals surface area (Å²) in [6, 6.07) is 5.29. The van der Waals surface area contributed by atoms with Crippen molar-refractivity contribution in [2.75, 3.05) is 5.32 Å². The van der Waals surface area contributed by atoms with Gasteiger partial charge in [-0.3, -0.25) is 9.48 Å². The van der Waals surface area contributed by atoms with Crippen molar-refractivity contribution in [3.8, 4) is 0 Å². The van der Waals surface area contributed by atoms with Gasteiger partial charge in [0, 0.05) is 31.0 Å². The van der Waals surface area contributed by atoms with Gasteiger partial charge in [-0.25, -0.2) is 4.98 Å². The molecule has 6 heteroatoms. The van der Waals surface area contributed by atoms with Crippen LogP contribution >= 0.6 is 0 Å². The molecular weight excluding hydrogens is 230 g/mol. The van der Waals surface area contributed by atoms with Crippen LogP contribution in [0.5, 0.6) is 0 Å². The Morgan fingerprint density at radius 1 is 1.50 bits per heavy atom. The summed E-state index contributed by atoms with van der Waals surface area (Å²) in [5.41, 5.74) is 7.53. The van der Waals surface area contributed by atoms with E-state index < -0.39 is 0 Å². The van der Waals surface area contributed by atoms with Crippen LogP contribution in [-0.2, 0) is 13.6 Å². The van der Waals surface area contributed by atoms with Gasteiger partial charge in [0.25, 0.3) is 5.91 Å². The van der Waals surface area contributed by atoms with Crippen molar-refractivity contribution in [2.24, 2.45) is 12.8 Å². The molecule has 0 aromatic carbocycles. The van der Waals surface area contributed by atoms with Crippen molar-refractivity contribution in [1.29, 1.82) is 0 Å². The van der Waals surface area contributed by atoms with Crippen LogP contribution in [0.15, 0.2) is 24.4 Å². The second-order valence-corrected chi connectivity index (χ2v) is 4.00. The number of carbonyl (C=O) groups excluding carboxylic acids is 1. The topological polar surface area (TPSA) is 85.8 Å². The molecule has 94 valence electrons. The van der Waals surface area contributed by atoms with Gasteiger partial charge in [0.05, 0.1) is 0 Å². The van der Waals surface area contributed by atoms with E-state index in [0.717, 1.165) is 11.3 Å². The Bertz CT molecular complexity index is 576. The third-order valence-corrected chi connectivity index (χ3v) is 2.48. The molecule has 0 spiro atoms. The van der Waals surface area contributed by atoms with Crippen LogP contribution in [0.25, 0.3) is 0 Å². The average molecular weight is 245 g/mol. The minimum Gasteiger partial charge on any atom is -0.326 e. The molecule has 2 aromatic heterocycles. The van der Waals surface area contributed by atoms with Crippen LogP contribution in [0.2, 0.25) is 0 Å². The van der Waals surface area contributed by atoms with Crippen molar-refractivity contribution >= 4 is 11.7 Å². The zero-order valence-electron chi connectivity index (χ0n) is 10.3. The maximum absolute atomic E-state index is 12.0. The molecule has 0 fully saturated rings. The van der Waals surface area contributed by atoms with Gasteiger partial charge in [-0.15, -0.1) is 0 Å². The highest BCUT2D eigenvalue weighted by molar-refractivity contribution is 6.02. The predicted molar refractivity (Wildman–Crippen MR) is 68.0 cm³/mol. The molecule has 0 aliphatic rings. The van der Waals surface area contributed by atoms with E-state index in [9.17, 15) is 4.79 Å². The summed E-state index contributed by atoms with van der Waals surface area (Å²) in [6.45, 7) is 2.16. The highest BCUT2D eigenvalue weighted by Gasteiger charge is 2.12. The van der Waals surface area contributed by atoms with Crippen LogP contribution in [-0.4, -0.2) is 20.7 Å². The Morgan fingerprint density at radius 2 is 2.28 bits per heavy atom. The largest absolute Gasteiger partial charge is 0.326 e. The molecule has 0 aliphatic carbocycles. The molecule has 0 bridgehead atoms. The number of hydrogen-bond donors (Lipinski definition) is 2. The number of carbonyl (C=O) groups is 1. The number of aryl methyl sites for hydroxylation is 2.